The highest BCUT2D eigenvalue weighted by Gasteiger charge is 2.29. The van der Waals surface area contributed by atoms with Gasteiger partial charge in [0.1, 0.15) is 0 Å². The maximum Gasteiger partial charge on any atom is 0.197 e. The van der Waals surface area contributed by atoms with E-state index in [0.717, 1.165) is 45.6 Å². The van der Waals surface area contributed by atoms with E-state index in [2.05, 4.69) is 57.0 Å². The highest BCUT2D eigenvalue weighted by Crippen LogP contribution is 2.50. The summed E-state index contributed by atoms with van der Waals surface area (Å²) in [4.78, 5) is 7.55. The van der Waals surface area contributed by atoms with E-state index in [1.807, 2.05) is 30.6 Å². The smallest absolute Gasteiger partial charge is 0.197 e. The van der Waals surface area contributed by atoms with Crippen LogP contribution < -0.4 is 0 Å². The highest BCUT2D eigenvalue weighted by atomic mass is 32.2. The third-order valence-corrected chi connectivity index (χ3v) is 8.33. The summed E-state index contributed by atoms with van der Waals surface area (Å²) in [5.74, 6) is 1.05. The number of benzene rings is 3. The van der Waals surface area contributed by atoms with Crippen LogP contribution in [0.15, 0.2) is 78.1 Å². The fourth-order valence-electron chi connectivity index (χ4n) is 5.84. The van der Waals surface area contributed by atoms with E-state index in [-0.39, 0.29) is 12.5 Å². The van der Waals surface area contributed by atoms with Gasteiger partial charge in [-0.3, -0.25) is 0 Å². The molecular formula is C30H25N3O2S. The average molecular weight is 492 g/mol. The molecule has 0 fully saturated rings. The van der Waals surface area contributed by atoms with Gasteiger partial charge < -0.3 is 19.8 Å². The molecule has 3 N–H and O–H groups in total. The molecule has 1 aliphatic rings. The van der Waals surface area contributed by atoms with Crippen LogP contribution >= 0.6 is 11.8 Å². The molecule has 6 heteroatoms. The molecule has 3 aromatic heterocycles. The number of aliphatic hydroxyl groups is 1. The Morgan fingerprint density at radius 3 is 2.75 bits per heavy atom. The molecular weight excluding hydrogens is 466 g/mol. The molecule has 6 aromatic rings. The van der Waals surface area contributed by atoms with E-state index in [1.54, 1.807) is 11.8 Å². The predicted molar refractivity (Wildman–Crippen MR) is 147 cm³/mol. The van der Waals surface area contributed by atoms with Gasteiger partial charge in [0.25, 0.3) is 0 Å². The molecule has 0 amide bonds. The zero-order valence-electron chi connectivity index (χ0n) is 19.7. The molecule has 178 valence electrons. The lowest BCUT2D eigenvalue weighted by molar-refractivity contribution is 0.281. The van der Waals surface area contributed by atoms with Crippen molar-refractivity contribution in [2.24, 2.45) is 0 Å². The molecule has 0 radical (unpaired) electrons. The van der Waals surface area contributed by atoms with Crippen molar-refractivity contribution in [2.75, 3.05) is 6.61 Å². The Hall–Kier alpha value is -3.74. The lowest BCUT2D eigenvalue weighted by Crippen LogP contribution is -2.02. The fraction of sp³-hybridized carbons (Fsp3) is 0.167. The number of nitrogens with one attached hydrogen (secondary N) is 1. The minimum Gasteiger partial charge on any atom is -0.494 e. The average Bonchev–Trinajstić information content (AvgIpc) is 3.58. The van der Waals surface area contributed by atoms with E-state index in [4.69, 9.17) is 0 Å². The molecule has 0 spiro atoms. The van der Waals surface area contributed by atoms with Gasteiger partial charge in [0.15, 0.2) is 5.88 Å². The van der Waals surface area contributed by atoms with Gasteiger partial charge in [-0.05, 0) is 52.9 Å². The topological polar surface area (TPSA) is 74.1 Å². The van der Waals surface area contributed by atoms with Crippen LogP contribution in [0.25, 0.3) is 43.7 Å². The predicted octanol–water partition coefficient (Wildman–Crippen LogP) is 6.62. The molecule has 7 rings (SSSR count). The molecule has 1 aliphatic carbocycles. The summed E-state index contributed by atoms with van der Waals surface area (Å²) < 4.78 is 2.38. The number of thioether (sulfide) groups is 1. The Balaban J connectivity index is 1.50. The van der Waals surface area contributed by atoms with Crippen LogP contribution in [0.5, 0.6) is 5.88 Å². The molecule has 0 saturated carbocycles. The van der Waals surface area contributed by atoms with Gasteiger partial charge in [-0.1, -0.05) is 36.4 Å². The number of pyridine rings is 1. The van der Waals surface area contributed by atoms with Crippen molar-refractivity contribution in [3.05, 3.63) is 89.7 Å². The highest BCUT2D eigenvalue weighted by molar-refractivity contribution is 7.98. The van der Waals surface area contributed by atoms with E-state index in [9.17, 15) is 10.2 Å². The summed E-state index contributed by atoms with van der Waals surface area (Å²) in [7, 11) is 0. The zero-order valence-corrected chi connectivity index (χ0v) is 20.5. The molecule has 0 atom stereocenters. The number of H-pyrrole nitrogens is 1. The Kier molecular flexibility index (Phi) is 5.04. The van der Waals surface area contributed by atoms with Gasteiger partial charge in [-0.2, -0.15) is 0 Å². The summed E-state index contributed by atoms with van der Waals surface area (Å²) >= 11 is 1.73. The number of nitrogens with zero attached hydrogens (tertiary/aromatic N) is 2. The van der Waals surface area contributed by atoms with Gasteiger partial charge in [0.2, 0.25) is 0 Å². The second-order valence-electron chi connectivity index (χ2n) is 9.37. The van der Waals surface area contributed by atoms with Crippen LogP contribution in [-0.2, 0) is 18.7 Å². The van der Waals surface area contributed by atoms with E-state index < -0.39 is 0 Å². The van der Waals surface area contributed by atoms with Crippen LogP contribution in [-0.4, -0.2) is 31.4 Å². The normalized spacial score (nSPS) is 12.6. The van der Waals surface area contributed by atoms with Crippen molar-refractivity contribution in [2.45, 2.75) is 30.2 Å². The monoisotopic (exact) mass is 491 g/mol. The van der Waals surface area contributed by atoms with Gasteiger partial charge in [-0.25, -0.2) is 4.98 Å². The first-order valence-electron chi connectivity index (χ1n) is 12.3. The summed E-state index contributed by atoms with van der Waals surface area (Å²) in [6.45, 7) is 0.888. The number of aliphatic hydroxyl groups excluding tert-OH is 1. The molecule has 0 bridgehead atoms. The first-order valence-corrected chi connectivity index (χ1v) is 13.3. The number of hydrogen-bond donors (Lipinski definition) is 3. The van der Waals surface area contributed by atoms with Crippen LogP contribution in [0.2, 0.25) is 0 Å². The number of hydrogen-bond acceptors (Lipinski definition) is 4. The molecule has 5 nitrogen and oxygen atoms in total. The van der Waals surface area contributed by atoms with Crippen molar-refractivity contribution >= 4 is 44.3 Å². The minimum atomic E-state index is 0.148. The van der Waals surface area contributed by atoms with Gasteiger partial charge in [-0.15, -0.1) is 11.8 Å². The van der Waals surface area contributed by atoms with Crippen LogP contribution in [0.3, 0.4) is 0 Å². The van der Waals surface area contributed by atoms with E-state index >= 15 is 0 Å². The quantitative estimate of drug-likeness (QED) is 0.229. The SMILES string of the molecule is OCCCn1c2ccc(CSc3ccccn3)cc2c2c3c[nH]c(O)c3c3c(c21)Cc1ccccc1-3. The molecule has 36 heavy (non-hydrogen) atoms. The molecule has 0 saturated heterocycles. The Morgan fingerprint density at radius 2 is 1.89 bits per heavy atom. The number of rotatable bonds is 6. The lowest BCUT2D eigenvalue weighted by atomic mass is 9.96. The molecule has 0 aliphatic heterocycles. The largest absolute Gasteiger partial charge is 0.494 e. The van der Waals surface area contributed by atoms with E-state index in [1.165, 1.54) is 38.5 Å². The van der Waals surface area contributed by atoms with E-state index in [0.29, 0.717) is 6.42 Å². The summed E-state index contributed by atoms with van der Waals surface area (Å²) in [5, 5.41) is 25.9. The third-order valence-electron chi connectivity index (χ3n) is 7.31. The Morgan fingerprint density at radius 1 is 1.00 bits per heavy atom. The molecule has 0 unspecified atom stereocenters. The number of aromatic amines is 1. The van der Waals surface area contributed by atoms with Gasteiger partial charge >= 0.3 is 0 Å². The lowest BCUT2D eigenvalue weighted by Gasteiger charge is -2.12. The first-order chi connectivity index (χ1) is 17.7. The first kappa shape index (κ1) is 21.5. The van der Waals surface area contributed by atoms with Crippen molar-refractivity contribution in [3.63, 3.8) is 0 Å². The maximum absolute atomic E-state index is 10.9. The molecule has 3 heterocycles. The number of aromatic nitrogens is 3. The summed E-state index contributed by atoms with van der Waals surface area (Å²) in [5.41, 5.74) is 8.48. The zero-order chi connectivity index (χ0) is 24.2. The van der Waals surface area contributed by atoms with Crippen LogP contribution in [0, 0.1) is 0 Å². The second-order valence-corrected chi connectivity index (χ2v) is 10.4. The van der Waals surface area contributed by atoms with Gasteiger partial charge in [0, 0.05) is 65.0 Å². The van der Waals surface area contributed by atoms with Crippen molar-refractivity contribution in [1.82, 2.24) is 14.5 Å². The van der Waals surface area contributed by atoms with Crippen molar-refractivity contribution < 1.29 is 10.2 Å². The fourth-order valence-corrected chi connectivity index (χ4v) is 6.64. The van der Waals surface area contributed by atoms with Crippen molar-refractivity contribution in [3.8, 4) is 17.0 Å². The standard InChI is InChI=1S/C30H25N3O2S/c34-13-5-12-33-24-10-9-18(17-36-25-8-3-4-11-31-25)14-21(24)27-23-16-32-30(35)28(23)26-20-7-2-1-6-19(20)15-22(26)29(27)33/h1-4,6-11,14,16,32,34-35H,5,12-13,15,17H2. The van der Waals surface area contributed by atoms with Crippen LogP contribution in [0.1, 0.15) is 23.1 Å². The van der Waals surface area contributed by atoms with Gasteiger partial charge in [0.05, 0.1) is 15.9 Å². The third kappa shape index (κ3) is 3.18. The summed E-state index contributed by atoms with van der Waals surface area (Å²) in [6.07, 6.45) is 5.29. The Labute approximate surface area is 212 Å². The number of fused-ring (bicyclic) bond motifs is 10. The second kappa shape index (κ2) is 8.43. The number of aryl methyl sites for hydroxylation is 1. The Bertz CT molecular complexity index is 1770. The minimum absolute atomic E-state index is 0.148. The van der Waals surface area contributed by atoms with Crippen LogP contribution in [0.4, 0.5) is 0 Å². The molecule has 3 aromatic carbocycles. The maximum atomic E-state index is 10.9. The van der Waals surface area contributed by atoms with Crippen molar-refractivity contribution in [1.29, 1.82) is 0 Å². The summed E-state index contributed by atoms with van der Waals surface area (Å²) in [6, 6.07) is 21.2. The number of aromatic hydroxyl groups is 1.